The second-order valence-electron chi connectivity index (χ2n) is 2.15. The van der Waals surface area contributed by atoms with Gasteiger partial charge in [0.15, 0.2) is 0 Å². The van der Waals surface area contributed by atoms with Crippen LogP contribution < -0.4 is 10.6 Å². The molecule has 0 saturated heterocycles. The van der Waals surface area contributed by atoms with Gasteiger partial charge >= 0.3 is 0 Å². The van der Waals surface area contributed by atoms with Crippen LogP contribution in [0, 0.1) is 0 Å². The van der Waals surface area contributed by atoms with E-state index in [1.54, 1.807) is 0 Å². The summed E-state index contributed by atoms with van der Waals surface area (Å²) in [7, 11) is 1.93. The van der Waals surface area contributed by atoms with Crippen molar-refractivity contribution >= 4 is 0 Å². The van der Waals surface area contributed by atoms with Gasteiger partial charge in [-0.1, -0.05) is 6.08 Å². The second kappa shape index (κ2) is 2.69. The van der Waals surface area contributed by atoms with Gasteiger partial charge in [0, 0.05) is 5.70 Å². The summed E-state index contributed by atoms with van der Waals surface area (Å²) in [5.74, 6) is 0. The summed E-state index contributed by atoms with van der Waals surface area (Å²) in [5.41, 5.74) is 1.21. The molecule has 0 radical (unpaired) electrons. The van der Waals surface area contributed by atoms with Crippen LogP contribution in [0.2, 0.25) is 0 Å². The Morgan fingerprint density at radius 1 is 1.67 bits per heavy atom. The Kier molecular flexibility index (Phi) is 1.90. The molecule has 0 aliphatic carbocycles. The van der Waals surface area contributed by atoms with Crippen LogP contribution in [0.25, 0.3) is 0 Å². The maximum atomic E-state index is 3.23. The van der Waals surface area contributed by atoms with Gasteiger partial charge in [-0.3, -0.25) is 5.32 Å². The smallest absolute Gasteiger partial charge is 0.0958 e. The average Bonchev–Trinajstić information content (AvgIpc) is 1.88. The second-order valence-corrected chi connectivity index (χ2v) is 2.15. The van der Waals surface area contributed by atoms with Gasteiger partial charge in [-0.2, -0.15) is 0 Å². The number of likely N-dealkylation sites (N-methyl/N-ethyl adjacent to an activating group) is 1. The predicted octanol–water partition coefficient (Wildman–Crippen LogP) is 0.595. The van der Waals surface area contributed by atoms with Crippen LogP contribution in [0.4, 0.5) is 0 Å². The van der Waals surface area contributed by atoms with Crippen LogP contribution in [-0.4, -0.2) is 13.2 Å². The molecule has 1 unspecified atom stereocenters. The monoisotopic (exact) mass is 124 g/mol. The number of hydrogen-bond donors (Lipinski definition) is 2. The lowest BCUT2D eigenvalue weighted by atomic mass is 10.3. The molecule has 0 aromatic carbocycles. The third kappa shape index (κ3) is 1.57. The van der Waals surface area contributed by atoms with E-state index in [4.69, 9.17) is 0 Å². The third-order valence-corrected chi connectivity index (χ3v) is 1.34. The highest BCUT2D eigenvalue weighted by atomic mass is 15.1. The summed E-state index contributed by atoms with van der Waals surface area (Å²) in [5, 5.41) is 6.32. The maximum Gasteiger partial charge on any atom is 0.0958 e. The van der Waals surface area contributed by atoms with E-state index in [2.05, 4.69) is 16.7 Å². The molecule has 1 heterocycles. The van der Waals surface area contributed by atoms with Crippen molar-refractivity contribution in [2.45, 2.75) is 13.1 Å². The highest BCUT2D eigenvalue weighted by molar-refractivity contribution is 5.17. The van der Waals surface area contributed by atoms with Gasteiger partial charge in [-0.05, 0) is 26.1 Å². The van der Waals surface area contributed by atoms with Crippen molar-refractivity contribution in [1.29, 1.82) is 0 Å². The van der Waals surface area contributed by atoms with Crippen molar-refractivity contribution < 1.29 is 0 Å². The summed E-state index contributed by atoms with van der Waals surface area (Å²) < 4.78 is 0. The standard InChI is InChI=1S/C7H12N2/c1-6-4-3-5-7(8-2)9-6/h3-5,7-9H,1-2H3. The van der Waals surface area contributed by atoms with Crippen LogP contribution in [0.15, 0.2) is 23.9 Å². The number of nitrogens with one attached hydrogen (secondary N) is 2. The van der Waals surface area contributed by atoms with Gasteiger partial charge < -0.3 is 5.32 Å². The van der Waals surface area contributed by atoms with Gasteiger partial charge in [-0.25, -0.2) is 0 Å². The van der Waals surface area contributed by atoms with Crippen LogP contribution >= 0.6 is 0 Å². The van der Waals surface area contributed by atoms with E-state index in [-0.39, 0.29) is 0 Å². The highest BCUT2D eigenvalue weighted by Crippen LogP contribution is 1.97. The summed E-state index contributed by atoms with van der Waals surface area (Å²) in [4.78, 5) is 0. The molecule has 2 heteroatoms. The van der Waals surface area contributed by atoms with Crippen molar-refractivity contribution in [3.05, 3.63) is 23.9 Å². The first kappa shape index (κ1) is 6.36. The molecule has 2 N–H and O–H groups in total. The van der Waals surface area contributed by atoms with Gasteiger partial charge in [0.2, 0.25) is 0 Å². The molecule has 0 aromatic heterocycles. The van der Waals surface area contributed by atoms with Gasteiger partial charge in [0.1, 0.15) is 0 Å². The summed E-state index contributed by atoms with van der Waals surface area (Å²) in [6, 6.07) is 0. The molecule has 1 rings (SSSR count). The van der Waals surface area contributed by atoms with Crippen LogP contribution in [0.1, 0.15) is 6.92 Å². The van der Waals surface area contributed by atoms with Crippen LogP contribution in [0.5, 0.6) is 0 Å². The average molecular weight is 124 g/mol. The Hall–Kier alpha value is -0.760. The fraction of sp³-hybridized carbons (Fsp3) is 0.429. The normalized spacial score (nSPS) is 25.1. The fourth-order valence-electron chi connectivity index (χ4n) is 0.821. The first-order valence-electron chi connectivity index (χ1n) is 3.12. The lowest BCUT2D eigenvalue weighted by Gasteiger charge is -2.18. The zero-order chi connectivity index (χ0) is 6.69. The minimum atomic E-state index is 0.315. The SMILES string of the molecule is CNC1C=CC=C(C)N1. The molecule has 50 valence electrons. The Morgan fingerprint density at radius 3 is 2.89 bits per heavy atom. The maximum absolute atomic E-state index is 3.23. The van der Waals surface area contributed by atoms with Gasteiger partial charge in [-0.15, -0.1) is 0 Å². The molecule has 0 spiro atoms. The first-order valence-corrected chi connectivity index (χ1v) is 3.12. The number of dihydropyridines is 1. The lowest BCUT2D eigenvalue weighted by molar-refractivity contribution is 0.584. The highest BCUT2D eigenvalue weighted by Gasteiger charge is 2.01. The molecule has 9 heavy (non-hydrogen) atoms. The van der Waals surface area contributed by atoms with E-state index in [0.29, 0.717) is 6.17 Å². The zero-order valence-corrected chi connectivity index (χ0v) is 5.81. The van der Waals surface area contributed by atoms with Crippen molar-refractivity contribution in [2.24, 2.45) is 0 Å². The molecular weight excluding hydrogens is 112 g/mol. The Balaban J connectivity index is 2.51. The largest absolute Gasteiger partial charge is 0.370 e. The predicted molar refractivity (Wildman–Crippen MR) is 38.9 cm³/mol. The topological polar surface area (TPSA) is 24.1 Å². The molecule has 0 fully saturated rings. The zero-order valence-electron chi connectivity index (χ0n) is 5.81. The first-order chi connectivity index (χ1) is 4.33. The van der Waals surface area contributed by atoms with Gasteiger partial charge in [0.05, 0.1) is 6.17 Å². The van der Waals surface area contributed by atoms with Crippen molar-refractivity contribution in [1.82, 2.24) is 10.6 Å². The van der Waals surface area contributed by atoms with Crippen LogP contribution in [-0.2, 0) is 0 Å². The third-order valence-electron chi connectivity index (χ3n) is 1.34. The van der Waals surface area contributed by atoms with E-state index < -0.39 is 0 Å². The molecule has 1 aliphatic heterocycles. The summed E-state index contributed by atoms with van der Waals surface area (Å²) >= 11 is 0. The Morgan fingerprint density at radius 2 is 2.44 bits per heavy atom. The Bertz CT molecular complexity index is 147. The molecule has 2 nitrogen and oxygen atoms in total. The van der Waals surface area contributed by atoms with E-state index in [1.165, 1.54) is 5.70 Å². The minimum absolute atomic E-state index is 0.315. The molecule has 0 bridgehead atoms. The number of hydrogen-bond acceptors (Lipinski definition) is 2. The molecule has 0 aromatic rings. The molecule has 1 aliphatic rings. The van der Waals surface area contributed by atoms with Crippen molar-refractivity contribution in [3.8, 4) is 0 Å². The lowest BCUT2D eigenvalue weighted by Crippen LogP contribution is -2.38. The van der Waals surface area contributed by atoms with Crippen molar-refractivity contribution in [2.75, 3.05) is 7.05 Å². The van der Waals surface area contributed by atoms with Gasteiger partial charge in [0.25, 0.3) is 0 Å². The molecular formula is C7H12N2. The Labute approximate surface area is 55.6 Å². The summed E-state index contributed by atoms with van der Waals surface area (Å²) in [6.45, 7) is 2.05. The molecule has 0 amide bonds. The van der Waals surface area contributed by atoms with E-state index in [9.17, 15) is 0 Å². The number of allylic oxidation sites excluding steroid dienone is 3. The van der Waals surface area contributed by atoms with E-state index in [1.807, 2.05) is 26.1 Å². The minimum Gasteiger partial charge on any atom is -0.370 e. The van der Waals surface area contributed by atoms with Crippen LogP contribution in [0.3, 0.4) is 0 Å². The number of rotatable bonds is 1. The molecule has 0 saturated carbocycles. The fourth-order valence-corrected chi connectivity index (χ4v) is 0.821. The van der Waals surface area contributed by atoms with E-state index in [0.717, 1.165) is 0 Å². The van der Waals surface area contributed by atoms with E-state index >= 15 is 0 Å². The summed E-state index contributed by atoms with van der Waals surface area (Å²) in [6.07, 6.45) is 6.49. The van der Waals surface area contributed by atoms with Crippen molar-refractivity contribution in [3.63, 3.8) is 0 Å². The molecule has 1 atom stereocenters. The quantitative estimate of drug-likeness (QED) is 0.534.